The van der Waals surface area contributed by atoms with Gasteiger partial charge in [-0.25, -0.2) is 4.99 Å². The van der Waals surface area contributed by atoms with Crippen molar-refractivity contribution in [3.63, 3.8) is 0 Å². The van der Waals surface area contributed by atoms with E-state index in [9.17, 15) is 9.90 Å². The minimum absolute atomic E-state index is 0.142. The fraction of sp³-hybridized carbons (Fsp3) is 0.607. The van der Waals surface area contributed by atoms with Crippen LogP contribution in [0.2, 0.25) is 0 Å². The first-order valence-electron chi connectivity index (χ1n) is 13.2. The van der Waals surface area contributed by atoms with Crippen LogP contribution in [0, 0.1) is 17.2 Å². The maximum Gasteiger partial charge on any atom is 0.279 e. The van der Waals surface area contributed by atoms with E-state index in [0.717, 1.165) is 30.5 Å². The summed E-state index contributed by atoms with van der Waals surface area (Å²) in [6.45, 7) is 1.76. The van der Waals surface area contributed by atoms with E-state index in [2.05, 4.69) is 39.5 Å². The molecular formula is C28H39N5O2. The lowest BCUT2D eigenvalue weighted by atomic mass is 9.75. The van der Waals surface area contributed by atoms with Crippen molar-refractivity contribution >= 4 is 23.7 Å². The minimum Gasteiger partial charge on any atom is -0.388 e. The van der Waals surface area contributed by atoms with Gasteiger partial charge in [0.15, 0.2) is 0 Å². The molecule has 0 aromatic heterocycles. The third-order valence-electron chi connectivity index (χ3n) is 8.87. The number of β-amino-alcohol motifs (C(OH)–C–C–N with tert-alkyl or cyclic N) is 1. The van der Waals surface area contributed by atoms with Gasteiger partial charge in [-0.15, -0.1) is 0 Å². The van der Waals surface area contributed by atoms with E-state index in [-0.39, 0.29) is 12.3 Å². The Bertz CT molecular complexity index is 1020. The average molecular weight is 478 g/mol. The third kappa shape index (κ3) is 4.94. The van der Waals surface area contributed by atoms with Gasteiger partial charge in [0.2, 0.25) is 0 Å². The summed E-state index contributed by atoms with van der Waals surface area (Å²) in [4.78, 5) is 21.1. The van der Waals surface area contributed by atoms with Crippen molar-refractivity contribution in [1.82, 2.24) is 15.1 Å². The highest BCUT2D eigenvalue weighted by Crippen LogP contribution is 2.47. The van der Waals surface area contributed by atoms with Gasteiger partial charge in [0.1, 0.15) is 11.4 Å². The van der Waals surface area contributed by atoms with E-state index in [1.165, 1.54) is 55.3 Å². The Morgan fingerprint density at radius 2 is 1.86 bits per heavy atom. The number of aliphatic imine (C=N–C) groups is 1. The lowest BCUT2D eigenvalue weighted by molar-refractivity contribution is -0.124. The molecule has 2 heterocycles. The number of rotatable bonds is 6. The first-order chi connectivity index (χ1) is 16.9. The van der Waals surface area contributed by atoms with Crippen LogP contribution in [0.4, 0.5) is 0 Å². The molecule has 4 aliphatic rings. The topological polar surface area (TPSA) is 92.0 Å². The van der Waals surface area contributed by atoms with Gasteiger partial charge in [-0.1, -0.05) is 43.5 Å². The predicted molar refractivity (Wildman–Crippen MR) is 139 cm³/mol. The highest BCUT2D eigenvalue weighted by atomic mass is 16.3. The standard InChI is InChI=1S/C28H39N5O2/c1-30-25(21-8-6-20(7-9-21)23-11-10-22(16-23)19-4-3-5-19)26-24(29)27(34)33(18-31-26)17-28(35)12-14-32(2)15-13-28/h6-9,18-19,22-23,29-30,35H,3-5,10-17H2,1-2H3/b26-25+,29-24?. The van der Waals surface area contributed by atoms with Crippen molar-refractivity contribution in [2.24, 2.45) is 16.8 Å². The summed E-state index contributed by atoms with van der Waals surface area (Å²) in [5.74, 6) is 2.10. The number of nitrogens with zero attached hydrogens (tertiary/aromatic N) is 3. The summed E-state index contributed by atoms with van der Waals surface area (Å²) < 4.78 is 0. The van der Waals surface area contributed by atoms with Crippen LogP contribution in [-0.4, -0.2) is 72.2 Å². The molecule has 2 saturated carbocycles. The number of nitrogens with one attached hydrogen (secondary N) is 2. The lowest BCUT2D eigenvalue weighted by Gasteiger charge is -2.39. The Kier molecular flexibility index (Phi) is 6.82. The molecule has 3 N–H and O–H groups in total. The van der Waals surface area contributed by atoms with Gasteiger partial charge in [-0.2, -0.15) is 0 Å². The molecule has 7 heteroatoms. The Morgan fingerprint density at radius 1 is 1.14 bits per heavy atom. The zero-order chi connectivity index (χ0) is 24.6. The van der Waals surface area contributed by atoms with Gasteiger partial charge in [0, 0.05) is 20.1 Å². The number of likely N-dealkylation sites (tertiary alicyclic amines) is 1. The molecule has 2 unspecified atom stereocenters. The molecule has 2 atom stereocenters. The fourth-order valence-corrected chi connectivity index (χ4v) is 6.28. The minimum atomic E-state index is -0.935. The molecule has 1 aromatic rings. The van der Waals surface area contributed by atoms with Crippen LogP contribution >= 0.6 is 0 Å². The van der Waals surface area contributed by atoms with Gasteiger partial charge in [-0.3, -0.25) is 15.1 Å². The molecule has 0 radical (unpaired) electrons. The van der Waals surface area contributed by atoms with E-state index in [0.29, 0.717) is 30.2 Å². The van der Waals surface area contributed by atoms with Crippen molar-refractivity contribution in [3.05, 3.63) is 41.1 Å². The Balaban J connectivity index is 1.30. The molecule has 2 aliphatic heterocycles. The quantitative estimate of drug-likeness (QED) is 0.584. The third-order valence-corrected chi connectivity index (χ3v) is 8.87. The molecule has 7 nitrogen and oxygen atoms in total. The largest absolute Gasteiger partial charge is 0.388 e. The van der Waals surface area contributed by atoms with Crippen LogP contribution in [0.25, 0.3) is 5.70 Å². The molecule has 5 rings (SSSR count). The number of carbonyl (C=O) groups is 1. The van der Waals surface area contributed by atoms with Crippen LogP contribution < -0.4 is 5.32 Å². The van der Waals surface area contributed by atoms with Crippen LogP contribution in [0.3, 0.4) is 0 Å². The molecule has 1 amide bonds. The van der Waals surface area contributed by atoms with Crippen LogP contribution in [0.15, 0.2) is 35.0 Å². The second-order valence-electron chi connectivity index (χ2n) is 11.1. The Hall–Kier alpha value is -2.51. The van der Waals surface area contributed by atoms with Crippen molar-refractivity contribution in [3.8, 4) is 0 Å². The van der Waals surface area contributed by atoms with Crippen molar-refractivity contribution in [2.75, 3.05) is 33.7 Å². The molecule has 0 bridgehead atoms. The van der Waals surface area contributed by atoms with Crippen LogP contribution in [0.5, 0.6) is 0 Å². The highest BCUT2D eigenvalue weighted by Gasteiger charge is 2.37. The van der Waals surface area contributed by atoms with Crippen molar-refractivity contribution in [2.45, 2.75) is 62.9 Å². The number of amides is 1. The van der Waals surface area contributed by atoms with Gasteiger partial charge in [0.25, 0.3) is 5.91 Å². The summed E-state index contributed by atoms with van der Waals surface area (Å²) in [7, 11) is 3.84. The fourth-order valence-electron chi connectivity index (χ4n) is 6.28. The molecule has 1 aromatic carbocycles. The monoisotopic (exact) mass is 477 g/mol. The number of benzene rings is 1. The van der Waals surface area contributed by atoms with E-state index in [4.69, 9.17) is 5.41 Å². The van der Waals surface area contributed by atoms with Gasteiger partial charge < -0.3 is 15.3 Å². The summed E-state index contributed by atoms with van der Waals surface area (Å²) in [6.07, 6.45) is 10.9. The van der Waals surface area contributed by atoms with Gasteiger partial charge in [-0.05, 0) is 68.0 Å². The number of hydrogen-bond acceptors (Lipinski definition) is 6. The molecule has 1 saturated heterocycles. The molecule has 0 spiro atoms. The molecular weight excluding hydrogens is 438 g/mol. The van der Waals surface area contributed by atoms with Crippen LogP contribution in [-0.2, 0) is 4.79 Å². The zero-order valence-electron chi connectivity index (χ0n) is 21.1. The Labute approximate surface area is 208 Å². The second kappa shape index (κ2) is 9.86. The maximum atomic E-state index is 13.0. The number of hydrogen-bond donors (Lipinski definition) is 3. The smallest absolute Gasteiger partial charge is 0.279 e. The summed E-state index contributed by atoms with van der Waals surface area (Å²) in [5, 5.41) is 22.7. The van der Waals surface area contributed by atoms with E-state index >= 15 is 0 Å². The number of carbonyl (C=O) groups excluding carboxylic acids is 1. The Morgan fingerprint density at radius 3 is 2.49 bits per heavy atom. The zero-order valence-corrected chi connectivity index (χ0v) is 21.1. The SMILES string of the molecule is CN/C(=C1/N=CN(CC2(O)CCN(C)CC2)C(=O)C1=N)c1ccc(C2CCC(C3CCC3)C2)cc1. The lowest BCUT2D eigenvalue weighted by Crippen LogP contribution is -2.53. The van der Waals surface area contributed by atoms with Crippen molar-refractivity contribution in [1.29, 1.82) is 5.41 Å². The normalized spacial score (nSPS) is 28.8. The average Bonchev–Trinajstić information content (AvgIpc) is 3.30. The van der Waals surface area contributed by atoms with Crippen molar-refractivity contribution < 1.29 is 9.90 Å². The first-order valence-corrected chi connectivity index (χ1v) is 13.2. The maximum absolute atomic E-state index is 13.0. The van der Waals surface area contributed by atoms with E-state index in [1.807, 2.05) is 7.05 Å². The van der Waals surface area contributed by atoms with E-state index in [1.54, 1.807) is 7.05 Å². The molecule has 2 aliphatic carbocycles. The first kappa shape index (κ1) is 24.2. The number of aliphatic hydroxyl groups is 1. The summed E-state index contributed by atoms with van der Waals surface area (Å²) in [5.41, 5.74) is 2.28. The molecule has 3 fully saturated rings. The molecule has 188 valence electrons. The molecule has 35 heavy (non-hydrogen) atoms. The van der Waals surface area contributed by atoms with Gasteiger partial charge >= 0.3 is 0 Å². The summed E-state index contributed by atoms with van der Waals surface area (Å²) >= 11 is 0. The number of piperidine rings is 1. The van der Waals surface area contributed by atoms with E-state index < -0.39 is 11.5 Å². The van der Waals surface area contributed by atoms with Gasteiger partial charge in [0.05, 0.1) is 24.2 Å². The highest BCUT2D eigenvalue weighted by molar-refractivity contribution is 6.47. The summed E-state index contributed by atoms with van der Waals surface area (Å²) in [6, 6.07) is 8.60. The predicted octanol–water partition coefficient (Wildman–Crippen LogP) is 3.61. The van der Waals surface area contributed by atoms with Crippen LogP contribution in [0.1, 0.15) is 68.4 Å². The second-order valence-corrected chi connectivity index (χ2v) is 11.1.